The quantitative estimate of drug-likeness (QED) is 0.878. The summed E-state index contributed by atoms with van der Waals surface area (Å²) in [5.41, 5.74) is 1.61. The average Bonchev–Trinajstić information content (AvgIpc) is 2.84. The van der Waals surface area contributed by atoms with E-state index in [9.17, 15) is 9.59 Å². The van der Waals surface area contributed by atoms with E-state index in [0.717, 1.165) is 44.9 Å². The van der Waals surface area contributed by atoms with Crippen LogP contribution in [0.2, 0.25) is 0 Å². The lowest BCUT2D eigenvalue weighted by molar-refractivity contribution is -0.166. The normalized spacial score (nSPS) is 39.7. The SMILES string of the molecule is O=C(O)C1CC2(C1)CC(C(=O)N1C3CCC1CC(Cc1ccccc1)C3)C2. The highest BCUT2D eigenvalue weighted by Gasteiger charge is 2.58. The second kappa shape index (κ2) is 6.35. The maximum absolute atomic E-state index is 13.2. The molecule has 2 unspecified atom stereocenters. The van der Waals surface area contributed by atoms with Gasteiger partial charge in [0.25, 0.3) is 0 Å². The molecule has 27 heavy (non-hydrogen) atoms. The molecule has 0 radical (unpaired) electrons. The lowest BCUT2D eigenvalue weighted by Crippen LogP contribution is -2.57. The van der Waals surface area contributed by atoms with Crippen LogP contribution in [-0.2, 0) is 16.0 Å². The summed E-state index contributed by atoms with van der Waals surface area (Å²) in [6.45, 7) is 0. The van der Waals surface area contributed by atoms with Crippen LogP contribution in [0.4, 0.5) is 0 Å². The Morgan fingerprint density at radius 1 is 0.963 bits per heavy atom. The van der Waals surface area contributed by atoms with Gasteiger partial charge in [-0.05, 0) is 74.7 Å². The highest BCUT2D eigenvalue weighted by atomic mass is 16.4. The van der Waals surface area contributed by atoms with E-state index in [1.54, 1.807) is 0 Å². The molecule has 1 N–H and O–H groups in total. The first kappa shape index (κ1) is 17.3. The number of benzene rings is 1. The minimum atomic E-state index is -0.658. The molecule has 5 rings (SSSR count). The third-order valence-electron chi connectivity index (χ3n) is 7.87. The monoisotopic (exact) mass is 367 g/mol. The Kier molecular flexibility index (Phi) is 4.06. The Balaban J connectivity index is 1.17. The lowest BCUT2D eigenvalue weighted by atomic mass is 9.48. The summed E-state index contributed by atoms with van der Waals surface area (Å²) in [4.78, 5) is 26.5. The Labute approximate surface area is 160 Å². The third-order valence-corrected chi connectivity index (χ3v) is 7.87. The summed E-state index contributed by atoms with van der Waals surface area (Å²) in [6, 6.07) is 11.6. The molecule has 2 saturated carbocycles. The summed E-state index contributed by atoms with van der Waals surface area (Å²) in [5, 5.41) is 9.10. The first-order valence-corrected chi connectivity index (χ1v) is 10.6. The molecule has 4 aliphatic rings. The van der Waals surface area contributed by atoms with Crippen LogP contribution in [0.25, 0.3) is 0 Å². The fraction of sp³-hybridized carbons (Fsp3) is 0.652. The van der Waals surface area contributed by atoms with Crippen molar-refractivity contribution in [3.05, 3.63) is 35.9 Å². The van der Waals surface area contributed by atoms with E-state index in [1.807, 2.05) is 0 Å². The summed E-state index contributed by atoms with van der Waals surface area (Å²) in [6.07, 6.45) is 9.21. The van der Waals surface area contributed by atoms with E-state index >= 15 is 0 Å². The van der Waals surface area contributed by atoms with Crippen molar-refractivity contribution in [2.75, 3.05) is 0 Å². The second-order valence-corrected chi connectivity index (χ2v) is 9.71. The molecule has 2 aliphatic heterocycles. The highest BCUT2D eigenvalue weighted by molar-refractivity contribution is 5.81. The van der Waals surface area contributed by atoms with Crippen molar-refractivity contribution in [3.8, 4) is 0 Å². The number of carboxylic acids is 1. The largest absolute Gasteiger partial charge is 0.481 e. The summed E-state index contributed by atoms with van der Waals surface area (Å²) in [5.74, 6) is 0.420. The smallest absolute Gasteiger partial charge is 0.306 e. The van der Waals surface area contributed by atoms with Gasteiger partial charge < -0.3 is 10.0 Å². The zero-order chi connectivity index (χ0) is 18.6. The van der Waals surface area contributed by atoms with Crippen LogP contribution in [-0.4, -0.2) is 34.0 Å². The Bertz CT molecular complexity index is 717. The highest BCUT2D eigenvalue weighted by Crippen LogP contribution is 2.62. The van der Waals surface area contributed by atoms with E-state index in [0.29, 0.717) is 23.9 Å². The van der Waals surface area contributed by atoms with Gasteiger partial charge >= 0.3 is 5.97 Å². The van der Waals surface area contributed by atoms with E-state index in [1.165, 1.54) is 18.4 Å². The van der Waals surface area contributed by atoms with Crippen molar-refractivity contribution in [1.29, 1.82) is 0 Å². The van der Waals surface area contributed by atoms with Crippen molar-refractivity contribution < 1.29 is 14.7 Å². The predicted octanol–water partition coefficient (Wildman–Crippen LogP) is 3.89. The minimum Gasteiger partial charge on any atom is -0.481 e. The van der Waals surface area contributed by atoms with Crippen molar-refractivity contribution in [3.63, 3.8) is 0 Å². The van der Waals surface area contributed by atoms with Gasteiger partial charge in [-0.1, -0.05) is 30.3 Å². The molecule has 2 bridgehead atoms. The number of hydrogen-bond donors (Lipinski definition) is 1. The summed E-state index contributed by atoms with van der Waals surface area (Å²) in [7, 11) is 0. The molecule has 2 aliphatic carbocycles. The number of carbonyl (C=O) groups is 2. The molecule has 1 aromatic rings. The van der Waals surface area contributed by atoms with Crippen LogP contribution in [0.5, 0.6) is 0 Å². The first-order chi connectivity index (χ1) is 13.0. The van der Waals surface area contributed by atoms with Gasteiger partial charge in [-0.2, -0.15) is 0 Å². The van der Waals surface area contributed by atoms with Crippen LogP contribution in [0.15, 0.2) is 30.3 Å². The Hall–Kier alpha value is -1.84. The van der Waals surface area contributed by atoms with Crippen LogP contribution in [0, 0.1) is 23.2 Å². The second-order valence-electron chi connectivity index (χ2n) is 9.71. The van der Waals surface area contributed by atoms with Crippen molar-refractivity contribution in [1.82, 2.24) is 4.90 Å². The molecular formula is C23H29NO3. The van der Waals surface area contributed by atoms with Gasteiger partial charge in [-0.25, -0.2) is 0 Å². The van der Waals surface area contributed by atoms with E-state index in [2.05, 4.69) is 35.2 Å². The van der Waals surface area contributed by atoms with Gasteiger partial charge in [0.15, 0.2) is 0 Å². The molecule has 4 fully saturated rings. The van der Waals surface area contributed by atoms with E-state index in [4.69, 9.17) is 5.11 Å². The van der Waals surface area contributed by atoms with Crippen molar-refractivity contribution in [2.45, 2.75) is 69.9 Å². The molecule has 0 aromatic heterocycles. The first-order valence-electron chi connectivity index (χ1n) is 10.6. The number of piperidine rings is 1. The van der Waals surface area contributed by atoms with Gasteiger partial charge in [0, 0.05) is 18.0 Å². The molecule has 2 heterocycles. The average molecular weight is 367 g/mol. The Morgan fingerprint density at radius 2 is 1.56 bits per heavy atom. The van der Waals surface area contributed by atoms with Gasteiger partial charge in [0.05, 0.1) is 5.92 Å². The fourth-order valence-corrected chi connectivity index (χ4v) is 6.63. The molecule has 4 nitrogen and oxygen atoms in total. The molecule has 1 aromatic carbocycles. The number of fused-ring (bicyclic) bond motifs is 2. The topological polar surface area (TPSA) is 57.6 Å². The summed E-state index contributed by atoms with van der Waals surface area (Å²) >= 11 is 0. The number of carbonyl (C=O) groups excluding carboxylic acids is 1. The van der Waals surface area contributed by atoms with Gasteiger partial charge in [-0.15, -0.1) is 0 Å². The van der Waals surface area contributed by atoms with E-state index < -0.39 is 5.97 Å². The van der Waals surface area contributed by atoms with Crippen molar-refractivity contribution >= 4 is 11.9 Å². The molecule has 2 atom stereocenters. The minimum absolute atomic E-state index is 0.161. The number of hydrogen-bond acceptors (Lipinski definition) is 2. The van der Waals surface area contributed by atoms with Crippen LogP contribution in [0.1, 0.15) is 56.9 Å². The van der Waals surface area contributed by atoms with Gasteiger partial charge in [0.2, 0.25) is 5.91 Å². The molecule has 1 amide bonds. The number of carboxylic acid groups (broad SMARTS) is 1. The Morgan fingerprint density at radius 3 is 2.15 bits per heavy atom. The molecule has 4 heteroatoms. The molecular weight excluding hydrogens is 338 g/mol. The predicted molar refractivity (Wildman–Crippen MR) is 102 cm³/mol. The number of aliphatic carboxylic acids is 1. The number of rotatable bonds is 4. The van der Waals surface area contributed by atoms with Gasteiger partial charge in [-0.3, -0.25) is 9.59 Å². The fourth-order valence-electron chi connectivity index (χ4n) is 6.63. The summed E-state index contributed by atoms with van der Waals surface area (Å²) < 4.78 is 0. The maximum atomic E-state index is 13.2. The molecule has 144 valence electrons. The number of nitrogens with zero attached hydrogens (tertiary/aromatic N) is 1. The van der Waals surface area contributed by atoms with E-state index in [-0.39, 0.29) is 17.3 Å². The van der Waals surface area contributed by atoms with Gasteiger partial charge in [0.1, 0.15) is 0 Å². The zero-order valence-electron chi connectivity index (χ0n) is 15.8. The number of amides is 1. The standard InChI is InChI=1S/C23H29NO3/c25-21(17-11-23(12-17)13-18(14-23)22(26)27)24-19-6-7-20(24)10-16(9-19)8-15-4-2-1-3-5-15/h1-5,16-20H,6-14H2,(H,26,27). The van der Waals surface area contributed by atoms with Crippen LogP contribution < -0.4 is 0 Å². The maximum Gasteiger partial charge on any atom is 0.306 e. The zero-order valence-corrected chi connectivity index (χ0v) is 15.8. The third kappa shape index (κ3) is 2.97. The van der Waals surface area contributed by atoms with Crippen molar-refractivity contribution in [2.24, 2.45) is 23.2 Å². The van der Waals surface area contributed by atoms with Crippen LogP contribution in [0.3, 0.4) is 0 Å². The lowest BCUT2D eigenvalue weighted by Gasteiger charge is -2.57. The molecule has 1 spiro atoms. The molecule has 2 saturated heterocycles. The van der Waals surface area contributed by atoms with Crippen LogP contribution >= 0.6 is 0 Å².